The van der Waals surface area contributed by atoms with E-state index in [1.807, 2.05) is 19.9 Å². The van der Waals surface area contributed by atoms with Crippen molar-refractivity contribution in [1.29, 1.82) is 0 Å². The van der Waals surface area contributed by atoms with Gasteiger partial charge in [0.05, 0.1) is 6.04 Å². The lowest BCUT2D eigenvalue weighted by atomic mass is 9.72. The smallest absolute Gasteiger partial charge is 0.125 e. The van der Waals surface area contributed by atoms with E-state index in [-0.39, 0.29) is 11.6 Å². The third-order valence-electron chi connectivity index (χ3n) is 4.69. The van der Waals surface area contributed by atoms with Crippen molar-refractivity contribution < 1.29 is 15.1 Å². The van der Waals surface area contributed by atoms with Crippen LogP contribution in [0.15, 0.2) is 6.07 Å². The molecule has 3 rings (SSSR count). The molecule has 19 heavy (non-hydrogen) atoms. The summed E-state index contributed by atoms with van der Waals surface area (Å²) < 4.78 is 6.20. The van der Waals surface area contributed by atoms with Crippen molar-refractivity contribution in [3.05, 3.63) is 22.8 Å². The molecule has 2 aliphatic rings. The van der Waals surface area contributed by atoms with Gasteiger partial charge in [-0.15, -0.1) is 0 Å². The zero-order valence-electron chi connectivity index (χ0n) is 11.7. The number of rotatable bonds is 1. The molecule has 1 heterocycles. The van der Waals surface area contributed by atoms with Gasteiger partial charge < -0.3 is 15.1 Å². The first-order valence-electron chi connectivity index (χ1n) is 6.87. The third-order valence-corrected chi connectivity index (χ3v) is 4.69. The Morgan fingerprint density at radius 2 is 2.05 bits per heavy atom. The number of phenols is 1. The van der Waals surface area contributed by atoms with E-state index in [2.05, 4.69) is 0 Å². The zero-order chi connectivity index (χ0) is 13.8. The maximum Gasteiger partial charge on any atom is 0.125 e. The number of hydroxylamine groups is 2. The average molecular weight is 263 g/mol. The molecule has 1 aromatic carbocycles. The van der Waals surface area contributed by atoms with Crippen molar-refractivity contribution >= 4 is 0 Å². The molecule has 1 atom stereocenters. The third kappa shape index (κ3) is 1.82. The van der Waals surface area contributed by atoms with Gasteiger partial charge in [-0.05, 0) is 50.3 Å². The molecule has 0 bridgehead atoms. The second-order valence-corrected chi connectivity index (χ2v) is 6.01. The lowest BCUT2D eigenvalue weighted by Gasteiger charge is -2.49. The van der Waals surface area contributed by atoms with E-state index in [1.165, 1.54) is 11.5 Å². The van der Waals surface area contributed by atoms with Crippen LogP contribution in [0, 0.1) is 13.8 Å². The molecule has 2 N–H and O–H groups in total. The van der Waals surface area contributed by atoms with Crippen LogP contribution >= 0.6 is 0 Å². The van der Waals surface area contributed by atoms with E-state index in [0.29, 0.717) is 5.75 Å². The van der Waals surface area contributed by atoms with Crippen molar-refractivity contribution in [2.45, 2.75) is 51.2 Å². The Morgan fingerprint density at radius 3 is 2.58 bits per heavy atom. The Labute approximate surface area is 113 Å². The number of phenolic OH excluding ortho intramolecular Hbond substituents is 1. The Hall–Kier alpha value is -1.26. The Bertz CT molecular complexity index is 521. The van der Waals surface area contributed by atoms with Gasteiger partial charge in [-0.2, -0.15) is 5.06 Å². The number of hydrogen-bond donors (Lipinski definition) is 2. The SMILES string of the molecule is Cc1cc2c(c(C)c1O)C(N(C)O)CC1(CCC1)O2. The molecule has 0 radical (unpaired) electrons. The number of hydrogen-bond acceptors (Lipinski definition) is 4. The predicted octanol–water partition coefficient (Wildman–Crippen LogP) is 3.08. The van der Waals surface area contributed by atoms with E-state index in [4.69, 9.17) is 4.74 Å². The standard InChI is InChI=1S/C15H21NO3/c1-9-7-12-13(10(2)14(9)17)11(16(3)18)8-15(19-12)5-4-6-15/h7,11,17-18H,4-6,8H2,1-3H3. The van der Waals surface area contributed by atoms with Crippen LogP contribution in [0.3, 0.4) is 0 Å². The summed E-state index contributed by atoms with van der Waals surface area (Å²) >= 11 is 0. The minimum Gasteiger partial charge on any atom is -0.507 e. The van der Waals surface area contributed by atoms with Gasteiger partial charge in [0.2, 0.25) is 0 Å². The van der Waals surface area contributed by atoms with Gasteiger partial charge in [-0.25, -0.2) is 0 Å². The molecule has 0 aromatic heterocycles. The Balaban J connectivity index is 2.13. The van der Waals surface area contributed by atoms with Gasteiger partial charge in [0.15, 0.2) is 0 Å². The predicted molar refractivity (Wildman–Crippen MR) is 71.7 cm³/mol. The first kappa shape index (κ1) is 12.8. The molecule has 1 spiro atoms. The second-order valence-electron chi connectivity index (χ2n) is 6.01. The molecule has 4 heteroatoms. The van der Waals surface area contributed by atoms with Crippen LogP contribution in [0.25, 0.3) is 0 Å². The summed E-state index contributed by atoms with van der Waals surface area (Å²) in [5.74, 6) is 1.13. The fraction of sp³-hybridized carbons (Fsp3) is 0.600. The second kappa shape index (κ2) is 4.12. The number of nitrogens with zero attached hydrogens (tertiary/aromatic N) is 1. The normalized spacial score (nSPS) is 23.9. The van der Waals surface area contributed by atoms with Crippen LogP contribution in [0.4, 0.5) is 0 Å². The van der Waals surface area contributed by atoms with Gasteiger partial charge in [0, 0.05) is 19.0 Å². The van der Waals surface area contributed by atoms with Gasteiger partial charge in [0.1, 0.15) is 17.1 Å². The molecular weight excluding hydrogens is 242 g/mol. The van der Waals surface area contributed by atoms with Crippen molar-refractivity contribution in [3.8, 4) is 11.5 Å². The first-order valence-corrected chi connectivity index (χ1v) is 6.87. The van der Waals surface area contributed by atoms with Crippen molar-refractivity contribution in [2.75, 3.05) is 7.05 Å². The van der Waals surface area contributed by atoms with Gasteiger partial charge >= 0.3 is 0 Å². The molecule has 1 unspecified atom stereocenters. The van der Waals surface area contributed by atoms with Gasteiger partial charge in [-0.1, -0.05) is 0 Å². The molecular formula is C15H21NO3. The van der Waals surface area contributed by atoms with E-state index in [9.17, 15) is 10.3 Å². The quantitative estimate of drug-likeness (QED) is 0.765. The molecule has 0 amide bonds. The summed E-state index contributed by atoms with van der Waals surface area (Å²) in [5, 5.41) is 21.3. The number of fused-ring (bicyclic) bond motifs is 1. The van der Waals surface area contributed by atoms with E-state index in [0.717, 1.165) is 41.7 Å². The number of aryl methyl sites for hydroxylation is 1. The Kier molecular flexibility index (Phi) is 2.76. The van der Waals surface area contributed by atoms with E-state index < -0.39 is 0 Å². The van der Waals surface area contributed by atoms with Crippen LogP contribution in [0.5, 0.6) is 11.5 Å². The molecule has 1 aromatic rings. The van der Waals surface area contributed by atoms with Crippen LogP contribution in [0.2, 0.25) is 0 Å². The fourth-order valence-electron chi connectivity index (χ4n) is 3.38. The molecule has 1 aliphatic heterocycles. The van der Waals surface area contributed by atoms with Crippen molar-refractivity contribution in [3.63, 3.8) is 0 Å². The minimum absolute atomic E-state index is 0.101. The van der Waals surface area contributed by atoms with E-state index in [1.54, 1.807) is 7.05 Å². The highest BCUT2D eigenvalue weighted by atomic mass is 16.5. The summed E-state index contributed by atoms with van der Waals surface area (Å²) in [6.45, 7) is 3.77. The summed E-state index contributed by atoms with van der Waals surface area (Å²) in [5.41, 5.74) is 2.46. The zero-order valence-corrected chi connectivity index (χ0v) is 11.7. The summed E-state index contributed by atoms with van der Waals surface area (Å²) in [6, 6.07) is 1.79. The Morgan fingerprint density at radius 1 is 1.37 bits per heavy atom. The highest BCUT2D eigenvalue weighted by Gasteiger charge is 2.47. The minimum atomic E-state index is -0.107. The molecule has 4 nitrogen and oxygen atoms in total. The van der Waals surface area contributed by atoms with Crippen molar-refractivity contribution in [2.24, 2.45) is 0 Å². The van der Waals surface area contributed by atoms with Crippen LogP contribution in [-0.4, -0.2) is 28.0 Å². The summed E-state index contributed by atoms with van der Waals surface area (Å²) in [6.07, 6.45) is 4.08. The van der Waals surface area contributed by atoms with Crippen molar-refractivity contribution in [1.82, 2.24) is 5.06 Å². The molecule has 104 valence electrons. The number of ether oxygens (including phenoxy) is 1. The molecule has 0 saturated heterocycles. The largest absolute Gasteiger partial charge is 0.507 e. The van der Waals surface area contributed by atoms with Crippen LogP contribution in [-0.2, 0) is 0 Å². The lowest BCUT2D eigenvalue weighted by Crippen LogP contribution is -2.49. The molecule has 1 aliphatic carbocycles. The highest BCUT2D eigenvalue weighted by molar-refractivity contribution is 5.54. The summed E-state index contributed by atoms with van der Waals surface area (Å²) in [7, 11) is 1.67. The maximum atomic E-state index is 10.1. The van der Waals surface area contributed by atoms with E-state index >= 15 is 0 Å². The maximum absolute atomic E-state index is 10.1. The van der Waals surface area contributed by atoms with Gasteiger partial charge in [0.25, 0.3) is 0 Å². The van der Waals surface area contributed by atoms with Crippen LogP contribution < -0.4 is 4.74 Å². The molecule has 1 saturated carbocycles. The topological polar surface area (TPSA) is 52.9 Å². The highest BCUT2D eigenvalue weighted by Crippen LogP contribution is 2.52. The van der Waals surface area contributed by atoms with Gasteiger partial charge in [-0.3, -0.25) is 0 Å². The molecule has 1 fully saturated rings. The number of benzene rings is 1. The monoisotopic (exact) mass is 263 g/mol. The summed E-state index contributed by atoms with van der Waals surface area (Å²) in [4.78, 5) is 0. The lowest BCUT2D eigenvalue weighted by molar-refractivity contribution is -0.145. The average Bonchev–Trinajstić information content (AvgIpc) is 2.32. The number of aromatic hydroxyl groups is 1. The fourth-order valence-corrected chi connectivity index (χ4v) is 3.38. The first-order chi connectivity index (χ1) is 8.93. The van der Waals surface area contributed by atoms with Crippen LogP contribution in [0.1, 0.15) is 48.4 Å².